The summed E-state index contributed by atoms with van der Waals surface area (Å²) in [5, 5.41) is 26.6. The quantitative estimate of drug-likeness (QED) is 0.576. The standard InChI is InChI=1S/C20H24N2O3/c1-20(2,13-23)21-11-14(24)12-25-22-19-17-9-5-3-7-15(17)16-8-4-6-10-18(16)19/h3-10,14,21,23-24H,11-13H2,1-2H3/t14-/m1/s1. The van der Waals surface area contributed by atoms with E-state index >= 15 is 0 Å². The van der Waals surface area contributed by atoms with E-state index < -0.39 is 11.6 Å². The Kier molecular flexibility index (Phi) is 5.18. The molecule has 132 valence electrons. The van der Waals surface area contributed by atoms with E-state index in [1.807, 2.05) is 50.2 Å². The van der Waals surface area contributed by atoms with Crippen LogP contribution in [0.2, 0.25) is 0 Å². The fourth-order valence-electron chi connectivity index (χ4n) is 2.79. The molecule has 3 rings (SSSR count). The SMILES string of the molecule is CC(C)(CO)NC[C@@H](O)CON=C1c2ccccc2-c2ccccc21. The molecule has 0 aliphatic heterocycles. The number of β-amino-alcohol motifs (C(OH)–C–C–N with tert-alkyl or cyclic N) is 1. The second-order valence-electron chi connectivity index (χ2n) is 6.90. The molecule has 0 radical (unpaired) electrons. The van der Waals surface area contributed by atoms with E-state index in [9.17, 15) is 10.2 Å². The van der Waals surface area contributed by atoms with E-state index in [0.717, 1.165) is 28.0 Å². The minimum absolute atomic E-state index is 0.00353. The van der Waals surface area contributed by atoms with Crippen LogP contribution in [0.3, 0.4) is 0 Å². The van der Waals surface area contributed by atoms with Crippen molar-refractivity contribution in [1.82, 2.24) is 5.32 Å². The summed E-state index contributed by atoms with van der Waals surface area (Å²) in [5.74, 6) is 0. The van der Waals surface area contributed by atoms with Crippen molar-refractivity contribution in [3.63, 3.8) is 0 Å². The Hall–Kier alpha value is -2.21. The molecule has 2 aromatic rings. The normalized spacial score (nSPS) is 14.0. The minimum atomic E-state index is -0.706. The van der Waals surface area contributed by atoms with Crippen LogP contribution >= 0.6 is 0 Å². The number of hydrogen-bond donors (Lipinski definition) is 3. The molecule has 1 aliphatic rings. The van der Waals surface area contributed by atoms with Crippen LogP contribution in [0.5, 0.6) is 0 Å². The Morgan fingerprint density at radius 2 is 1.52 bits per heavy atom. The van der Waals surface area contributed by atoms with Crippen molar-refractivity contribution >= 4 is 5.71 Å². The first-order chi connectivity index (χ1) is 12.0. The van der Waals surface area contributed by atoms with Gasteiger partial charge in [-0.25, -0.2) is 0 Å². The molecule has 0 saturated heterocycles. The topological polar surface area (TPSA) is 74.1 Å². The van der Waals surface area contributed by atoms with E-state index in [1.54, 1.807) is 0 Å². The van der Waals surface area contributed by atoms with Crippen molar-refractivity contribution < 1.29 is 15.1 Å². The number of nitrogens with one attached hydrogen (secondary N) is 1. The van der Waals surface area contributed by atoms with E-state index in [4.69, 9.17) is 4.84 Å². The molecule has 0 bridgehead atoms. The van der Waals surface area contributed by atoms with Gasteiger partial charge in [0.1, 0.15) is 18.4 Å². The molecule has 0 aromatic heterocycles. The molecule has 0 unspecified atom stereocenters. The van der Waals surface area contributed by atoms with E-state index in [2.05, 4.69) is 22.6 Å². The predicted octanol–water partition coefficient (Wildman–Crippen LogP) is 2.16. The molecule has 5 nitrogen and oxygen atoms in total. The van der Waals surface area contributed by atoms with E-state index in [1.165, 1.54) is 0 Å². The van der Waals surface area contributed by atoms with Crippen molar-refractivity contribution in [2.75, 3.05) is 19.8 Å². The number of rotatable bonds is 7. The highest BCUT2D eigenvalue weighted by atomic mass is 16.6. The second-order valence-corrected chi connectivity index (χ2v) is 6.90. The monoisotopic (exact) mass is 340 g/mol. The summed E-state index contributed by atoms with van der Waals surface area (Å²) in [6, 6.07) is 16.2. The zero-order chi connectivity index (χ0) is 17.9. The van der Waals surface area contributed by atoms with Gasteiger partial charge >= 0.3 is 0 Å². The molecule has 0 saturated carbocycles. The summed E-state index contributed by atoms with van der Waals surface area (Å²) in [4.78, 5) is 5.43. The lowest BCUT2D eigenvalue weighted by Gasteiger charge is -2.24. The number of aliphatic hydroxyl groups is 2. The molecular formula is C20H24N2O3. The third-order valence-electron chi connectivity index (χ3n) is 4.29. The molecule has 3 N–H and O–H groups in total. The van der Waals surface area contributed by atoms with Gasteiger partial charge in [0.25, 0.3) is 0 Å². The number of benzene rings is 2. The van der Waals surface area contributed by atoms with Gasteiger partial charge in [-0.2, -0.15) is 0 Å². The average Bonchev–Trinajstić information content (AvgIpc) is 2.95. The molecule has 5 heteroatoms. The maximum atomic E-state index is 10.0. The van der Waals surface area contributed by atoms with Crippen molar-refractivity contribution in [3.05, 3.63) is 59.7 Å². The van der Waals surface area contributed by atoms with Gasteiger partial charge < -0.3 is 20.4 Å². The molecule has 1 atom stereocenters. The number of nitrogens with zero attached hydrogens (tertiary/aromatic N) is 1. The fourth-order valence-corrected chi connectivity index (χ4v) is 2.79. The Morgan fingerprint density at radius 3 is 2.04 bits per heavy atom. The van der Waals surface area contributed by atoms with Crippen molar-refractivity contribution in [3.8, 4) is 11.1 Å². The lowest BCUT2D eigenvalue weighted by atomic mass is 10.1. The molecule has 2 aromatic carbocycles. The maximum absolute atomic E-state index is 10.0. The maximum Gasteiger partial charge on any atom is 0.144 e. The summed E-state index contributed by atoms with van der Waals surface area (Å²) in [5.41, 5.74) is 4.73. The summed E-state index contributed by atoms with van der Waals surface area (Å²) in [6.07, 6.45) is -0.706. The van der Waals surface area contributed by atoms with Crippen LogP contribution in [0, 0.1) is 0 Å². The number of oxime groups is 1. The van der Waals surface area contributed by atoms with Crippen LogP contribution in [0.1, 0.15) is 25.0 Å². The Labute approximate surface area is 148 Å². The lowest BCUT2D eigenvalue weighted by molar-refractivity contribution is 0.0343. The molecule has 1 aliphatic carbocycles. The van der Waals surface area contributed by atoms with Crippen LogP contribution < -0.4 is 5.32 Å². The van der Waals surface area contributed by atoms with Crippen LogP contribution in [-0.4, -0.2) is 47.3 Å². The zero-order valence-electron chi connectivity index (χ0n) is 14.6. The van der Waals surface area contributed by atoms with Crippen molar-refractivity contribution in [1.29, 1.82) is 0 Å². The predicted molar refractivity (Wildman–Crippen MR) is 98.6 cm³/mol. The number of aliphatic hydroxyl groups excluding tert-OH is 2. The van der Waals surface area contributed by atoms with Gasteiger partial charge in [0.2, 0.25) is 0 Å². The smallest absolute Gasteiger partial charge is 0.144 e. The number of hydrogen-bond acceptors (Lipinski definition) is 5. The van der Waals surface area contributed by atoms with E-state index in [0.29, 0.717) is 6.54 Å². The van der Waals surface area contributed by atoms with Crippen LogP contribution in [-0.2, 0) is 4.84 Å². The molecule has 0 spiro atoms. The van der Waals surface area contributed by atoms with Crippen LogP contribution in [0.4, 0.5) is 0 Å². The number of fused-ring (bicyclic) bond motifs is 3. The zero-order valence-corrected chi connectivity index (χ0v) is 14.6. The lowest BCUT2D eigenvalue weighted by Crippen LogP contribution is -2.46. The highest BCUT2D eigenvalue weighted by molar-refractivity contribution is 6.24. The third-order valence-corrected chi connectivity index (χ3v) is 4.29. The highest BCUT2D eigenvalue weighted by Crippen LogP contribution is 2.36. The van der Waals surface area contributed by atoms with Gasteiger partial charge in [-0.05, 0) is 25.0 Å². The molecule has 0 fully saturated rings. The summed E-state index contributed by atoms with van der Waals surface area (Å²) < 4.78 is 0. The summed E-state index contributed by atoms with van der Waals surface area (Å²) >= 11 is 0. The Morgan fingerprint density at radius 1 is 1.00 bits per heavy atom. The first-order valence-electron chi connectivity index (χ1n) is 8.45. The van der Waals surface area contributed by atoms with Crippen LogP contribution in [0.25, 0.3) is 11.1 Å². The Balaban J connectivity index is 1.68. The van der Waals surface area contributed by atoms with E-state index in [-0.39, 0.29) is 13.2 Å². The first kappa shape index (κ1) is 17.6. The first-order valence-corrected chi connectivity index (χ1v) is 8.45. The largest absolute Gasteiger partial charge is 0.394 e. The highest BCUT2D eigenvalue weighted by Gasteiger charge is 2.24. The minimum Gasteiger partial charge on any atom is -0.394 e. The summed E-state index contributed by atoms with van der Waals surface area (Å²) in [6.45, 7) is 4.14. The van der Waals surface area contributed by atoms with Gasteiger partial charge in [-0.3, -0.25) is 0 Å². The van der Waals surface area contributed by atoms with Gasteiger partial charge in [0.15, 0.2) is 0 Å². The third kappa shape index (κ3) is 3.90. The Bertz CT molecular complexity index is 724. The fraction of sp³-hybridized carbons (Fsp3) is 0.350. The van der Waals surface area contributed by atoms with Crippen LogP contribution in [0.15, 0.2) is 53.7 Å². The second kappa shape index (κ2) is 7.35. The average molecular weight is 340 g/mol. The van der Waals surface area contributed by atoms with Crippen molar-refractivity contribution in [2.45, 2.75) is 25.5 Å². The van der Waals surface area contributed by atoms with Gasteiger partial charge in [0, 0.05) is 23.2 Å². The van der Waals surface area contributed by atoms with Gasteiger partial charge in [-0.15, -0.1) is 0 Å². The molecule has 0 heterocycles. The van der Waals surface area contributed by atoms with Crippen molar-refractivity contribution in [2.24, 2.45) is 5.16 Å². The molecule has 0 amide bonds. The van der Waals surface area contributed by atoms with Gasteiger partial charge in [0.05, 0.1) is 6.61 Å². The molecular weight excluding hydrogens is 316 g/mol. The molecule has 25 heavy (non-hydrogen) atoms. The van der Waals surface area contributed by atoms with Gasteiger partial charge in [-0.1, -0.05) is 53.7 Å². The summed E-state index contributed by atoms with van der Waals surface area (Å²) in [7, 11) is 0.